The predicted molar refractivity (Wildman–Crippen MR) is 115 cm³/mol. The highest BCUT2D eigenvalue weighted by Gasteiger charge is 2.24. The van der Waals surface area contributed by atoms with Gasteiger partial charge in [0, 0.05) is 18.6 Å². The Morgan fingerprint density at radius 3 is 2.87 bits per heavy atom. The normalized spacial score (nSPS) is 20.3. The fourth-order valence-corrected chi connectivity index (χ4v) is 4.38. The van der Waals surface area contributed by atoms with Crippen LogP contribution < -0.4 is 0 Å². The van der Waals surface area contributed by atoms with Gasteiger partial charge in [0.2, 0.25) is 0 Å². The van der Waals surface area contributed by atoms with Gasteiger partial charge in [-0.2, -0.15) is 0 Å². The zero-order valence-corrected chi connectivity index (χ0v) is 17.2. The molecular weight excluding hydrogens is 376 g/mol. The van der Waals surface area contributed by atoms with Crippen LogP contribution in [0.4, 0.5) is 0 Å². The lowest BCUT2D eigenvalue weighted by molar-refractivity contribution is -0.161. The molecule has 1 heterocycles. The van der Waals surface area contributed by atoms with E-state index in [9.17, 15) is 9.90 Å². The molecule has 1 aliphatic heterocycles. The number of benzene rings is 2. The highest BCUT2D eigenvalue weighted by atomic mass is 16.7. The predicted octanol–water partition coefficient (Wildman–Crippen LogP) is 4.68. The molecule has 0 aromatic heterocycles. The Labute approximate surface area is 178 Å². The van der Waals surface area contributed by atoms with Gasteiger partial charge in [-0.15, -0.1) is 0 Å². The summed E-state index contributed by atoms with van der Waals surface area (Å²) >= 11 is 0. The summed E-state index contributed by atoms with van der Waals surface area (Å²) in [5, 5.41) is 9.36. The van der Waals surface area contributed by atoms with Gasteiger partial charge in [-0.25, -0.2) is 0 Å². The van der Waals surface area contributed by atoms with Crippen LogP contribution in [0.3, 0.4) is 0 Å². The third kappa shape index (κ3) is 5.30. The maximum Gasteiger partial charge on any atom is 0.303 e. The minimum atomic E-state index is -0.749. The fourth-order valence-electron chi connectivity index (χ4n) is 4.38. The van der Waals surface area contributed by atoms with E-state index in [1.54, 1.807) is 0 Å². The van der Waals surface area contributed by atoms with Crippen LogP contribution in [0.15, 0.2) is 42.5 Å². The fraction of sp³-hybridized carbons (Fsp3) is 0.423. The van der Waals surface area contributed by atoms with Crippen LogP contribution in [0.25, 0.3) is 0 Å². The first-order chi connectivity index (χ1) is 14.7. The van der Waals surface area contributed by atoms with Gasteiger partial charge in [-0.3, -0.25) is 4.79 Å². The third-order valence-corrected chi connectivity index (χ3v) is 5.87. The average Bonchev–Trinajstić information content (AvgIpc) is 2.90. The molecule has 156 valence electrons. The molecule has 0 spiro atoms. The number of carboxylic acids is 1. The van der Waals surface area contributed by atoms with E-state index in [0.29, 0.717) is 13.0 Å². The van der Waals surface area contributed by atoms with Crippen molar-refractivity contribution in [1.82, 2.24) is 0 Å². The van der Waals surface area contributed by atoms with Gasteiger partial charge in [0.25, 0.3) is 0 Å². The smallest absolute Gasteiger partial charge is 0.303 e. The summed E-state index contributed by atoms with van der Waals surface area (Å²) in [5.41, 5.74) is 5.84. The molecular formula is C26H28O4. The molecule has 1 saturated heterocycles. The Bertz CT molecular complexity index is 947. The van der Waals surface area contributed by atoms with Crippen LogP contribution in [-0.4, -0.2) is 30.6 Å². The van der Waals surface area contributed by atoms with E-state index in [2.05, 4.69) is 36.1 Å². The molecule has 30 heavy (non-hydrogen) atoms. The van der Waals surface area contributed by atoms with Crippen molar-refractivity contribution < 1.29 is 19.4 Å². The van der Waals surface area contributed by atoms with Gasteiger partial charge in [0.15, 0.2) is 6.29 Å². The van der Waals surface area contributed by atoms with Crippen LogP contribution in [0.2, 0.25) is 0 Å². The quantitative estimate of drug-likeness (QED) is 0.581. The lowest BCUT2D eigenvalue weighted by Gasteiger charge is -2.22. The third-order valence-electron chi connectivity index (χ3n) is 5.87. The van der Waals surface area contributed by atoms with Crippen LogP contribution in [0, 0.1) is 11.8 Å². The summed E-state index contributed by atoms with van der Waals surface area (Å²) in [4.78, 5) is 11.4. The lowest BCUT2D eigenvalue weighted by Crippen LogP contribution is -2.22. The summed E-state index contributed by atoms with van der Waals surface area (Å²) in [6.07, 6.45) is 5.61. The molecule has 4 rings (SSSR count). The summed E-state index contributed by atoms with van der Waals surface area (Å²) < 4.78 is 11.3. The second kappa shape index (κ2) is 9.93. The standard InChI is InChI=1S/C26H28O4/c27-25(28)18-23-16-20-12-11-19(7-3-5-13-29-26-10-4-6-14-30-26)15-22(20)17-21-8-1-2-9-24(21)23/h1-2,8-9,11-12,15,23,26H,4-6,10,13-14,16-18H2,(H,27,28). The highest BCUT2D eigenvalue weighted by Crippen LogP contribution is 2.34. The monoisotopic (exact) mass is 404 g/mol. The van der Waals surface area contributed by atoms with Crippen molar-refractivity contribution in [3.63, 3.8) is 0 Å². The first kappa shape index (κ1) is 20.7. The van der Waals surface area contributed by atoms with Crippen molar-refractivity contribution >= 4 is 5.97 Å². The second-order valence-corrected chi connectivity index (χ2v) is 8.08. The molecule has 4 heteroatoms. The molecule has 2 aromatic rings. The molecule has 4 nitrogen and oxygen atoms in total. The van der Waals surface area contributed by atoms with E-state index in [1.807, 2.05) is 18.2 Å². The number of rotatable bonds is 5. The molecule has 0 radical (unpaired) electrons. The number of hydrogen-bond acceptors (Lipinski definition) is 3. The number of carboxylic acid groups (broad SMARTS) is 1. The van der Waals surface area contributed by atoms with E-state index in [-0.39, 0.29) is 18.6 Å². The molecule has 2 atom stereocenters. The minimum Gasteiger partial charge on any atom is -0.481 e. The van der Waals surface area contributed by atoms with Gasteiger partial charge in [-0.1, -0.05) is 42.2 Å². The average molecular weight is 405 g/mol. The largest absolute Gasteiger partial charge is 0.481 e. The van der Waals surface area contributed by atoms with E-state index in [1.165, 1.54) is 23.1 Å². The van der Waals surface area contributed by atoms with Crippen LogP contribution in [-0.2, 0) is 27.1 Å². The molecule has 0 amide bonds. The molecule has 0 saturated carbocycles. The van der Waals surface area contributed by atoms with Crippen LogP contribution in [0.1, 0.15) is 65.8 Å². The van der Waals surface area contributed by atoms with E-state index in [0.717, 1.165) is 43.4 Å². The maximum absolute atomic E-state index is 11.4. The van der Waals surface area contributed by atoms with Gasteiger partial charge in [0.05, 0.1) is 13.0 Å². The Balaban J connectivity index is 1.44. The lowest BCUT2D eigenvalue weighted by atomic mass is 9.89. The molecule has 2 aliphatic rings. The summed E-state index contributed by atoms with van der Waals surface area (Å²) in [5.74, 6) is 5.73. The number of hydrogen-bond donors (Lipinski definition) is 1. The van der Waals surface area contributed by atoms with Crippen molar-refractivity contribution in [2.45, 2.75) is 57.2 Å². The molecule has 2 unspecified atom stereocenters. The number of carbonyl (C=O) groups is 1. The number of aliphatic carboxylic acids is 1. The summed E-state index contributed by atoms with van der Waals surface area (Å²) in [7, 11) is 0. The van der Waals surface area contributed by atoms with E-state index < -0.39 is 5.97 Å². The minimum absolute atomic E-state index is 0.0102. The zero-order valence-electron chi connectivity index (χ0n) is 17.2. The van der Waals surface area contributed by atoms with E-state index in [4.69, 9.17) is 9.47 Å². The zero-order chi connectivity index (χ0) is 20.8. The second-order valence-electron chi connectivity index (χ2n) is 8.08. The molecule has 1 aliphatic carbocycles. The van der Waals surface area contributed by atoms with Gasteiger partial charge in [-0.05, 0) is 72.4 Å². The van der Waals surface area contributed by atoms with Gasteiger partial charge < -0.3 is 14.6 Å². The van der Waals surface area contributed by atoms with Crippen LogP contribution >= 0.6 is 0 Å². The molecule has 0 bridgehead atoms. The van der Waals surface area contributed by atoms with Crippen molar-refractivity contribution in [2.24, 2.45) is 0 Å². The van der Waals surface area contributed by atoms with Crippen molar-refractivity contribution in [3.8, 4) is 11.8 Å². The Morgan fingerprint density at radius 1 is 1.13 bits per heavy atom. The van der Waals surface area contributed by atoms with E-state index >= 15 is 0 Å². The first-order valence-electron chi connectivity index (χ1n) is 10.8. The SMILES string of the molecule is O=C(O)CC1Cc2ccc(C#CCCOC3CCCCO3)cc2Cc2ccccc21. The molecule has 1 N–H and O–H groups in total. The Kier molecular flexibility index (Phi) is 6.84. The molecule has 2 aromatic carbocycles. The topological polar surface area (TPSA) is 55.8 Å². The number of fused-ring (bicyclic) bond motifs is 2. The summed E-state index contributed by atoms with van der Waals surface area (Å²) in [6.45, 7) is 1.38. The maximum atomic E-state index is 11.4. The Hall–Kier alpha value is -2.61. The summed E-state index contributed by atoms with van der Waals surface area (Å²) in [6, 6.07) is 14.5. The number of ether oxygens (including phenoxy) is 2. The van der Waals surface area contributed by atoms with Crippen molar-refractivity contribution in [2.75, 3.05) is 13.2 Å². The highest BCUT2D eigenvalue weighted by molar-refractivity contribution is 5.68. The van der Waals surface area contributed by atoms with Gasteiger partial charge >= 0.3 is 5.97 Å². The Morgan fingerprint density at radius 2 is 2.03 bits per heavy atom. The first-order valence-corrected chi connectivity index (χ1v) is 10.8. The van der Waals surface area contributed by atoms with Gasteiger partial charge in [0.1, 0.15) is 0 Å². The molecule has 1 fully saturated rings. The van der Waals surface area contributed by atoms with Crippen LogP contribution in [0.5, 0.6) is 0 Å². The van der Waals surface area contributed by atoms with Crippen molar-refractivity contribution in [3.05, 3.63) is 70.3 Å². The van der Waals surface area contributed by atoms with Crippen molar-refractivity contribution in [1.29, 1.82) is 0 Å².